The van der Waals surface area contributed by atoms with E-state index in [-0.39, 0.29) is 11.8 Å². The maximum absolute atomic E-state index is 12.0. The third-order valence-electron chi connectivity index (χ3n) is 3.04. The van der Waals surface area contributed by atoms with Crippen molar-refractivity contribution >= 4 is 23.2 Å². The van der Waals surface area contributed by atoms with Gasteiger partial charge in [-0.05, 0) is 37.6 Å². The maximum Gasteiger partial charge on any atom is 0.244 e. The summed E-state index contributed by atoms with van der Waals surface area (Å²) in [5.41, 5.74) is 6.46. The molecule has 5 nitrogen and oxygen atoms in total. The van der Waals surface area contributed by atoms with Crippen LogP contribution in [0.4, 0.5) is 11.4 Å². The summed E-state index contributed by atoms with van der Waals surface area (Å²) in [4.78, 5) is 23.3. The molecule has 1 aromatic rings. The Balaban J connectivity index is 2.66. The molecule has 110 valence electrons. The zero-order valence-corrected chi connectivity index (χ0v) is 12.3. The number of nitrogens with two attached hydrogens (primary N) is 1. The molecule has 0 fully saturated rings. The molecule has 2 amide bonds. The second-order valence-corrected chi connectivity index (χ2v) is 5.10. The normalized spacial score (nSPS) is 13.4. The summed E-state index contributed by atoms with van der Waals surface area (Å²) in [6.45, 7) is 5.50. The summed E-state index contributed by atoms with van der Waals surface area (Å²) < 4.78 is 0. The van der Waals surface area contributed by atoms with Crippen LogP contribution in [0.3, 0.4) is 0 Å². The van der Waals surface area contributed by atoms with E-state index in [1.807, 2.05) is 6.92 Å². The van der Waals surface area contributed by atoms with Crippen LogP contribution in [0.5, 0.6) is 0 Å². The van der Waals surface area contributed by atoms with Gasteiger partial charge in [0.2, 0.25) is 11.8 Å². The fraction of sp³-hybridized carbons (Fsp3) is 0.467. The minimum absolute atomic E-state index is 0.0423. The molecule has 0 aliphatic carbocycles. The molecule has 0 saturated carbocycles. The van der Waals surface area contributed by atoms with Gasteiger partial charge in [-0.25, -0.2) is 0 Å². The smallest absolute Gasteiger partial charge is 0.244 e. The number of rotatable bonds is 6. The van der Waals surface area contributed by atoms with Crippen LogP contribution in [-0.4, -0.2) is 17.4 Å². The second kappa shape index (κ2) is 7.05. The molecular formula is C15H23N3O2. The Hall–Kier alpha value is -1.88. The van der Waals surface area contributed by atoms with Crippen molar-refractivity contribution < 1.29 is 9.59 Å². The third kappa shape index (κ3) is 4.66. The number of nitrogens with one attached hydrogen (secondary N) is 2. The monoisotopic (exact) mass is 277 g/mol. The molecule has 1 unspecified atom stereocenters. The van der Waals surface area contributed by atoms with Crippen LogP contribution in [-0.2, 0) is 9.59 Å². The molecule has 4 N–H and O–H groups in total. The van der Waals surface area contributed by atoms with Gasteiger partial charge in [0.25, 0.3) is 0 Å². The minimum Gasteiger partial charge on any atom is -0.326 e. The Bertz CT molecular complexity index is 467. The van der Waals surface area contributed by atoms with E-state index in [2.05, 4.69) is 10.6 Å². The Morgan fingerprint density at radius 1 is 1.10 bits per heavy atom. The van der Waals surface area contributed by atoms with Gasteiger partial charge in [-0.1, -0.05) is 20.3 Å². The fourth-order valence-electron chi connectivity index (χ4n) is 1.79. The Kier molecular flexibility index (Phi) is 5.70. The van der Waals surface area contributed by atoms with E-state index in [1.165, 1.54) is 0 Å². The Morgan fingerprint density at radius 3 is 2.05 bits per heavy atom. The molecule has 1 rings (SSSR count). The van der Waals surface area contributed by atoms with Crippen molar-refractivity contribution in [2.75, 3.05) is 10.6 Å². The van der Waals surface area contributed by atoms with E-state index in [0.29, 0.717) is 24.2 Å². The summed E-state index contributed by atoms with van der Waals surface area (Å²) in [7, 11) is 0. The standard InChI is InChI=1S/C15H23N3O2/c1-4-10-15(3,16)14(20)18-12-8-6-11(7-9-12)17-13(19)5-2/h6-9H,4-5,10,16H2,1-3H3,(H,17,19)(H,18,20). The lowest BCUT2D eigenvalue weighted by atomic mass is 9.96. The zero-order chi connectivity index (χ0) is 15.2. The molecule has 5 heteroatoms. The molecule has 0 saturated heterocycles. The average Bonchev–Trinajstić information content (AvgIpc) is 2.40. The number of anilines is 2. The van der Waals surface area contributed by atoms with Gasteiger partial charge >= 0.3 is 0 Å². The van der Waals surface area contributed by atoms with Crippen molar-refractivity contribution in [3.63, 3.8) is 0 Å². The predicted octanol–water partition coefficient (Wildman–Crippen LogP) is 2.49. The first-order valence-corrected chi connectivity index (χ1v) is 6.89. The van der Waals surface area contributed by atoms with Crippen molar-refractivity contribution in [1.29, 1.82) is 0 Å². The highest BCUT2D eigenvalue weighted by molar-refractivity contribution is 5.98. The summed E-state index contributed by atoms with van der Waals surface area (Å²) in [5.74, 6) is -0.246. The molecule has 0 spiro atoms. The number of hydrogen-bond acceptors (Lipinski definition) is 3. The van der Waals surface area contributed by atoms with Gasteiger partial charge in [-0.15, -0.1) is 0 Å². The number of hydrogen-bond donors (Lipinski definition) is 3. The molecule has 20 heavy (non-hydrogen) atoms. The molecule has 0 bridgehead atoms. The summed E-state index contributed by atoms with van der Waals surface area (Å²) in [6.07, 6.45) is 1.91. The van der Waals surface area contributed by atoms with Crippen LogP contribution in [0.25, 0.3) is 0 Å². The van der Waals surface area contributed by atoms with Gasteiger partial charge in [0.15, 0.2) is 0 Å². The van der Waals surface area contributed by atoms with Crippen LogP contribution >= 0.6 is 0 Å². The topological polar surface area (TPSA) is 84.2 Å². The van der Waals surface area contributed by atoms with Crippen molar-refractivity contribution in [3.8, 4) is 0 Å². The van der Waals surface area contributed by atoms with Crippen LogP contribution in [0.1, 0.15) is 40.0 Å². The van der Waals surface area contributed by atoms with Gasteiger partial charge in [0, 0.05) is 17.8 Å². The van der Waals surface area contributed by atoms with E-state index in [4.69, 9.17) is 5.73 Å². The quantitative estimate of drug-likeness (QED) is 0.747. The summed E-state index contributed by atoms with van der Waals surface area (Å²) >= 11 is 0. The summed E-state index contributed by atoms with van der Waals surface area (Å²) in [5, 5.41) is 5.53. The van der Waals surface area contributed by atoms with Gasteiger partial charge < -0.3 is 16.4 Å². The van der Waals surface area contributed by atoms with Gasteiger partial charge in [0.1, 0.15) is 0 Å². The van der Waals surface area contributed by atoms with Crippen LogP contribution < -0.4 is 16.4 Å². The van der Waals surface area contributed by atoms with E-state index < -0.39 is 5.54 Å². The van der Waals surface area contributed by atoms with Crippen molar-refractivity contribution in [3.05, 3.63) is 24.3 Å². The largest absolute Gasteiger partial charge is 0.326 e. The zero-order valence-electron chi connectivity index (χ0n) is 12.3. The SMILES string of the molecule is CCCC(C)(N)C(=O)Nc1ccc(NC(=O)CC)cc1. The van der Waals surface area contributed by atoms with Crippen LogP contribution in [0, 0.1) is 0 Å². The first kappa shape index (κ1) is 16.2. The highest BCUT2D eigenvalue weighted by Crippen LogP contribution is 2.16. The molecule has 0 aliphatic rings. The van der Waals surface area contributed by atoms with Crippen LogP contribution in [0.2, 0.25) is 0 Å². The number of benzene rings is 1. The average molecular weight is 277 g/mol. The van der Waals surface area contributed by atoms with Crippen molar-refractivity contribution in [1.82, 2.24) is 0 Å². The van der Waals surface area contributed by atoms with Crippen LogP contribution in [0.15, 0.2) is 24.3 Å². The molecule has 0 heterocycles. The number of carbonyl (C=O) groups excluding carboxylic acids is 2. The lowest BCUT2D eigenvalue weighted by Crippen LogP contribution is -2.48. The first-order valence-electron chi connectivity index (χ1n) is 6.89. The lowest BCUT2D eigenvalue weighted by Gasteiger charge is -2.22. The Morgan fingerprint density at radius 2 is 1.60 bits per heavy atom. The molecule has 0 aliphatic heterocycles. The first-order chi connectivity index (χ1) is 9.39. The fourth-order valence-corrected chi connectivity index (χ4v) is 1.79. The van der Waals surface area contributed by atoms with Gasteiger partial charge in [-0.2, -0.15) is 0 Å². The summed E-state index contributed by atoms with van der Waals surface area (Å²) in [6, 6.07) is 6.98. The molecular weight excluding hydrogens is 254 g/mol. The molecule has 0 aromatic heterocycles. The predicted molar refractivity (Wildman–Crippen MR) is 81.5 cm³/mol. The van der Waals surface area contributed by atoms with E-state index in [9.17, 15) is 9.59 Å². The van der Waals surface area contributed by atoms with Crippen molar-refractivity contribution in [2.45, 2.75) is 45.6 Å². The third-order valence-corrected chi connectivity index (χ3v) is 3.04. The number of amides is 2. The molecule has 0 radical (unpaired) electrons. The Labute approximate surface area is 119 Å². The molecule has 1 aromatic carbocycles. The molecule has 1 atom stereocenters. The highest BCUT2D eigenvalue weighted by atomic mass is 16.2. The van der Waals surface area contributed by atoms with E-state index in [1.54, 1.807) is 38.1 Å². The minimum atomic E-state index is -0.871. The highest BCUT2D eigenvalue weighted by Gasteiger charge is 2.26. The van der Waals surface area contributed by atoms with E-state index >= 15 is 0 Å². The second-order valence-electron chi connectivity index (χ2n) is 5.10. The van der Waals surface area contributed by atoms with Gasteiger partial charge in [0.05, 0.1) is 5.54 Å². The van der Waals surface area contributed by atoms with Crippen molar-refractivity contribution in [2.24, 2.45) is 5.73 Å². The maximum atomic E-state index is 12.0. The number of carbonyl (C=O) groups is 2. The lowest BCUT2D eigenvalue weighted by molar-refractivity contribution is -0.121. The van der Waals surface area contributed by atoms with E-state index in [0.717, 1.165) is 6.42 Å². The van der Waals surface area contributed by atoms with Gasteiger partial charge in [-0.3, -0.25) is 9.59 Å².